The Bertz CT molecular complexity index is 808. The fourth-order valence-electron chi connectivity index (χ4n) is 2.96. The van der Waals surface area contributed by atoms with Crippen LogP contribution in [0, 0.1) is 0 Å². The highest BCUT2D eigenvalue weighted by atomic mass is 35.5. The fraction of sp³-hybridized carbons (Fsp3) is 0.211. The highest BCUT2D eigenvalue weighted by molar-refractivity contribution is 7.99. The quantitative estimate of drug-likeness (QED) is 0.602. The Kier molecular flexibility index (Phi) is 5.62. The van der Waals surface area contributed by atoms with Gasteiger partial charge in [-0.25, -0.2) is 0 Å². The van der Waals surface area contributed by atoms with Crippen LogP contribution < -0.4 is 5.73 Å². The normalized spacial score (nSPS) is 17.7. The average molecular weight is 393 g/mol. The number of hydrogen-bond acceptors (Lipinski definition) is 4. The summed E-state index contributed by atoms with van der Waals surface area (Å²) >= 11 is 13.2. The molecule has 0 aromatic heterocycles. The lowest BCUT2D eigenvalue weighted by Gasteiger charge is -2.21. The summed E-state index contributed by atoms with van der Waals surface area (Å²) in [5, 5.41) is 0. The van der Waals surface area contributed by atoms with Crippen molar-refractivity contribution in [2.24, 2.45) is 5.73 Å². The third-order valence-electron chi connectivity index (χ3n) is 4.13. The van der Waals surface area contributed by atoms with Gasteiger partial charge in [-0.2, -0.15) is 0 Å². The Morgan fingerprint density at radius 2 is 1.88 bits per heavy atom. The second kappa shape index (κ2) is 7.73. The number of nitrogens with zero attached hydrogens (tertiary/aromatic N) is 1. The number of carbonyl (C=O) groups is 1. The average Bonchev–Trinajstić information content (AvgIpc) is 2.83. The van der Waals surface area contributed by atoms with Gasteiger partial charge in [0.2, 0.25) is 0 Å². The summed E-state index contributed by atoms with van der Waals surface area (Å²) in [7, 11) is 1.85. The van der Waals surface area contributed by atoms with Crippen LogP contribution in [0.15, 0.2) is 65.3 Å². The topological polar surface area (TPSA) is 46.3 Å². The molecule has 0 saturated heterocycles. The molecule has 0 bridgehead atoms. The highest BCUT2D eigenvalue weighted by Gasteiger charge is 2.37. The monoisotopic (exact) mass is 392 g/mol. The zero-order valence-electron chi connectivity index (χ0n) is 13.7. The molecule has 0 saturated carbocycles. The molecule has 1 atom stereocenters. The molecule has 1 aliphatic heterocycles. The zero-order chi connectivity index (χ0) is 18.0. The summed E-state index contributed by atoms with van der Waals surface area (Å²) in [4.78, 5) is 15.5. The number of rotatable bonds is 5. The molecular formula is C19H18Cl2N2OS. The standard InChI is InChI=1S/C19H18Cl2N2OS/c1-23-17(12-6-3-2-4-7-12)18(24)16(19(23)22)13-8-5-9-14(10-13)25-11-15(20)21/h2-10,15,17H,11,22H2,1H3. The summed E-state index contributed by atoms with van der Waals surface area (Å²) in [6.45, 7) is 0. The third-order valence-corrected chi connectivity index (χ3v) is 5.89. The number of Topliss-reactive ketones (excluding diaryl/α,β-unsaturated/α-hetero) is 1. The highest BCUT2D eigenvalue weighted by Crippen LogP contribution is 2.38. The van der Waals surface area contributed by atoms with E-state index >= 15 is 0 Å². The van der Waals surface area contributed by atoms with Gasteiger partial charge in [-0.3, -0.25) is 4.79 Å². The van der Waals surface area contributed by atoms with Crippen LogP contribution in [-0.4, -0.2) is 28.3 Å². The summed E-state index contributed by atoms with van der Waals surface area (Å²) in [5.74, 6) is 1.09. The number of halogens is 2. The van der Waals surface area contributed by atoms with Gasteiger partial charge in [-0.05, 0) is 23.3 Å². The van der Waals surface area contributed by atoms with E-state index in [1.807, 2.05) is 66.5 Å². The van der Waals surface area contributed by atoms with E-state index in [-0.39, 0.29) is 11.8 Å². The Balaban J connectivity index is 1.92. The Labute approximate surface area is 161 Å². The Hall–Kier alpha value is -1.62. The molecule has 3 rings (SSSR count). The first-order valence-corrected chi connectivity index (χ1v) is 9.68. The smallest absolute Gasteiger partial charge is 0.194 e. The van der Waals surface area contributed by atoms with E-state index in [9.17, 15) is 4.79 Å². The molecule has 2 aromatic rings. The number of hydrogen-bond donors (Lipinski definition) is 1. The Morgan fingerprint density at radius 1 is 1.16 bits per heavy atom. The maximum atomic E-state index is 13.1. The third kappa shape index (κ3) is 3.81. The molecule has 0 aliphatic carbocycles. The van der Waals surface area contributed by atoms with Crippen LogP contribution in [-0.2, 0) is 4.79 Å². The van der Waals surface area contributed by atoms with Crippen molar-refractivity contribution in [3.63, 3.8) is 0 Å². The van der Waals surface area contributed by atoms with E-state index in [0.717, 1.165) is 16.0 Å². The van der Waals surface area contributed by atoms with Gasteiger partial charge in [0.25, 0.3) is 0 Å². The predicted octanol–water partition coefficient (Wildman–Crippen LogP) is 4.47. The van der Waals surface area contributed by atoms with Crippen molar-refractivity contribution >= 4 is 46.3 Å². The molecule has 1 aliphatic rings. The van der Waals surface area contributed by atoms with Crippen LogP contribution in [0.5, 0.6) is 0 Å². The SMILES string of the molecule is CN1C(N)=C(c2cccc(SCC(Cl)Cl)c2)C(=O)C1c1ccccc1. The van der Waals surface area contributed by atoms with Crippen LogP contribution in [0.25, 0.3) is 5.57 Å². The molecule has 3 nitrogen and oxygen atoms in total. The van der Waals surface area contributed by atoms with Crippen molar-refractivity contribution in [3.8, 4) is 0 Å². The lowest BCUT2D eigenvalue weighted by molar-refractivity contribution is -0.116. The molecule has 2 aromatic carbocycles. The lowest BCUT2D eigenvalue weighted by atomic mass is 9.96. The molecule has 2 N–H and O–H groups in total. The van der Waals surface area contributed by atoms with E-state index in [1.54, 1.807) is 11.8 Å². The maximum Gasteiger partial charge on any atom is 0.194 e. The van der Waals surface area contributed by atoms with Crippen molar-refractivity contribution < 1.29 is 4.79 Å². The van der Waals surface area contributed by atoms with Crippen molar-refractivity contribution in [2.45, 2.75) is 15.8 Å². The first-order valence-electron chi connectivity index (χ1n) is 7.82. The van der Waals surface area contributed by atoms with Crippen molar-refractivity contribution in [1.82, 2.24) is 4.90 Å². The number of thioether (sulfide) groups is 1. The number of likely N-dealkylation sites (N-methyl/N-ethyl adjacent to an activating group) is 1. The molecular weight excluding hydrogens is 375 g/mol. The second-order valence-electron chi connectivity index (χ2n) is 5.78. The minimum absolute atomic E-state index is 0.0147. The van der Waals surface area contributed by atoms with Gasteiger partial charge in [-0.15, -0.1) is 35.0 Å². The predicted molar refractivity (Wildman–Crippen MR) is 106 cm³/mol. The summed E-state index contributed by atoms with van der Waals surface area (Å²) in [6, 6.07) is 17.0. The summed E-state index contributed by atoms with van der Waals surface area (Å²) in [6.07, 6.45) is 0. The van der Waals surface area contributed by atoms with Gasteiger partial charge < -0.3 is 10.6 Å². The van der Waals surface area contributed by atoms with Gasteiger partial charge in [0, 0.05) is 17.7 Å². The zero-order valence-corrected chi connectivity index (χ0v) is 16.0. The molecule has 6 heteroatoms. The number of benzene rings is 2. The van der Waals surface area contributed by atoms with Crippen LogP contribution >= 0.6 is 35.0 Å². The van der Waals surface area contributed by atoms with E-state index in [2.05, 4.69) is 0 Å². The van der Waals surface area contributed by atoms with Gasteiger partial charge in [0.1, 0.15) is 16.7 Å². The van der Waals surface area contributed by atoms with Crippen molar-refractivity contribution in [1.29, 1.82) is 0 Å². The molecule has 0 amide bonds. The fourth-order valence-corrected chi connectivity index (χ4v) is 4.04. The first kappa shape index (κ1) is 18.2. The van der Waals surface area contributed by atoms with Crippen molar-refractivity contribution in [3.05, 3.63) is 71.5 Å². The number of ketones is 1. The number of alkyl halides is 2. The number of carbonyl (C=O) groups excluding carboxylic acids is 1. The van der Waals surface area contributed by atoms with Crippen LogP contribution in [0.2, 0.25) is 0 Å². The maximum absolute atomic E-state index is 13.1. The van der Waals surface area contributed by atoms with E-state index in [1.165, 1.54) is 0 Å². The largest absolute Gasteiger partial charge is 0.385 e. The first-order chi connectivity index (χ1) is 12.0. The molecule has 25 heavy (non-hydrogen) atoms. The molecule has 0 spiro atoms. The minimum Gasteiger partial charge on any atom is -0.385 e. The molecule has 0 fully saturated rings. The van der Waals surface area contributed by atoms with Crippen molar-refractivity contribution in [2.75, 3.05) is 12.8 Å². The molecule has 1 unspecified atom stereocenters. The van der Waals surface area contributed by atoms with Gasteiger partial charge in [-0.1, -0.05) is 42.5 Å². The van der Waals surface area contributed by atoms with Gasteiger partial charge in [0.15, 0.2) is 5.78 Å². The lowest BCUT2D eigenvalue weighted by Crippen LogP contribution is -2.25. The molecule has 1 heterocycles. The van der Waals surface area contributed by atoms with Crippen LogP contribution in [0.3, 0.4) is 0 Å². The van der Waals surface area contributed by atoms with Crippen LogP contribution in [0.1, 0.15) is 17.2 Å². The summed E-state index contributed by atoms with van der Waals surface area (Å²) in [5.41, 5.74) is 8.60. The molecule has 130 valence electrons. The van der Waals surface area contributed by atoms with Crippen LogP contribution in [0.4, 0.5) is 0 Å². The molecule has 0 radical (unpaired) electrons. The summed E-state index contributed by atoms with van der Waals surface area (Å²) < 4.78 is 0. The van der Waals surface area contributed by atoms with Gasteiger partial charge >= 0.3 is 0 Å². The minimum atomic E-state index is -0.431. The van der Waals surface area contributed by atoms with E-state index < -0.39 is 4.84 Å². The van der Waals surface area contributed by atoms with Gasteiger partial charge in [0.05, 0.1) is 5.57 Å². The number of nitrogens with two attached hydrogens (primary N) is 1. The van der Waals surface area contributed by atoms with E-state index in [0.29, 0.717) is 17.1 Å². The Morgan fingerprint density at radius 3 is 2.56 bits per heavy atom. The second-order valence-corrected chi connectivity index (χ2v) is 8.15. The van der Waals surface area contributed by atoms with E-state index in [4.69, 9.17) is 28.9 Å².